The average Bonchev–Trinajstić information content (AvgIpc) is 3.12. The fourth-order valence-electron chi connectivity index (χ4n) is 4.68. The van der Waals surface area contributed by atoms with Crippen molar-refractivity contribution in [2.45, 2.75) is 19.4 Å². The summed E-state index contributed by atoms with van der Waals surface area (Å²) in [7, 11) is 1.57. The fourth-order valence-corrected chi connectivity index (χ4v) is 4.68. The Morgan fingerprint density at radius 2 is 1.76 bits per heavy atom. The van der Waals surface area contributed by atoms with Crippen molar-refractivity contribution in [2.24, 2.45) is 0 Å². The summed E-state index contributed by atoms with van der Waals surface area (Å²) >= 11 is 0. The van der Waals surface area contributed by atoms with Crippen molar-refractivity contribution in [3.63, 3.8) is 0 Å². The predicted octanol–water partition coefficient (Wildman–Crippen LogP) is 3.33. The Morgan fingerprint density at radius 3 is 2.46 bits per heavy atom. The van der Waals surface area contributed by atoms with E-state index in [9.17, 15) is 23.2 Å². The predicted molar refractivity (Wildman–Crippen MR) is 132 cm³/mol. The van der Waals surface area contributed by atoms with Crippen LogP contribution < -0.4 is 5.32 Å². The Hall–Kier alpha value is -3.79. The second kappa shape index (κ2) is 11.5. The molecule has 10 heteroatoms. The minimum Gasteiger partial charge on any atom is -0.463 e. The van der Waals surface area contributed by atoms with Crippen LogP contribution in [0.15, 0.2) is 59.8 Å². The molecule has 1 unspecified atom stereocenters. The molecular weight excluding hydrogens is 482 g/mol. The van der Waals surface area contributed by atoms with Crippen molar-refractivity contribution in [1.29, 1.82) is 0 Å². The number of ether oxygens (including phenoxy) is 1. The van der Waals surface area contributed by atoms with Gasteiger partial charge >= 0.3 is 12.0 Å². The summed E-state index contributed by atoms with van der Waals surface area (Å²) in [6.07, 6.45) is 0.659. The molecule has 2 aromatic carbocycles. The van der Waals surface area contributed by atoms with Crippen molar-refractivity contribution in [1.82, 2.24) is 20.0 Å². The molecule has 4 rings (SSSR count). The van der Waals surface area contributed by atoms with Crippen molar-refractivity contribution >= 4 is 17.9 Å². The molecule has 1 saturated heterocycles. The lowest BCUT2D eigenvalue weighted by Gasteiger charge is -2.36. The first-order chi connectivity index (χ1) is 17.8. The van der Waals surface area contributed by atoms with E-state index in [4.69, 9.17) is 4.74 Å². The molecule has 0 aromatic heterocycles. The third kappa shape index (κ3) is 5.96. The van der Waals surface area contributed by atoms with Crippen LogP contribution in [-0.4, -0.2) is 79.0 Å². The molecule has 2 heterocycles. The Balaban J connectivity index is 1.59. The Bertz CT molecular complexity index is 1220. The number of rotatable bonds is 6. The van der Waals surface area contributed by atoms with Crippen LogP contribution in [0.2, 0.25) is 0 Å². The van der Waals surface area contributed by atoms with Gasteiger partial charge in [0.1, 0.15) is 11.6 Å². The van der Waals surface area contributed by atoms with E-state index in [1.165, 1.54) is 41.3 Å². The molecule has 1 atom stereocenters. The van der Waals surface area contributed by atoms with Gasteiger partial charge in [0, 0.05) is 51.0 Å². The van der Waals surface area contributed by atoms with Crippen LogP contribution in [-0.2, 0) is 9.53 Å². The van der Waals surface area contributed by atoms with Crippen LogP contribution in [0.4, 0.5) is 13.6 Å². The van der Waals surface area contributed by atoms with Gasteiger partial charge in [-0.3, -0.25) is 14.6 Å². The maximum atomic E-state index is 14.0. The van der Waals surface area contributed by atoms with E-state index in [0.29, 0.717) is 49.4 Å². The monoisotopic (exact) mass is 512 g/mol. The van der Waals surface area contributed by atoms with Crippen LogP contribution in [0.3, 0.4) is 0 Å². The van der Waals surface area contributed by atoms with E-state index in [1.54, 1.807) is 31.0 Å². The van der Waals surface area contributed by atoms with Crippen LogP contribution in [0.1, 0.15) is 35.3 Å². The first-order valence-corrected chi connectivity index (χ1v) is 12.3. The molecule has 1 fully saturated rings. The van der Waals surface area contributed by atoms with Gasteiger partial charge in [0.15, 0.2) is 0 Å². The summed E-state index contributed by atoms with van der Waals surface area (Å²) in [5, 5.41) is 2.78. The Morgan fingerprint density at radius 1 is 1.03 bits per heavy atom. The van der Waals surface area contributed by atoms with E-state index in [1.807, 2.05) is 0 Å². The first kappa shape index (κ1) is 26.3. The van der Waals surface area contributed by atoms with Crippen LogP contribution in [0.25, 0.3) is 0 Å². The van der Waals surface area contributed by atoms with Crippen LogP contribution >= 0.6 is 0 Å². The zero-order chi connectivity index (χ0) is 26.5. The molecule has 37 heavy (non-hydrogen) atoms. The molecule has 0 spiro atoms. The molecule has 196 valence electrons. The summed E-state index contributed by atoms with van der Waals surface area (Å²) < 4.78 is 33.0. The average molecular weight is 513 g/mol. The van der Waals surface area contributed by atoms with Crippen LogP contribution in [0.5, 0.6) is 0 Å². The number of amides is 3. The van der Waals surface area contributed by atoms with Gasteiger partial charge < -0.3 is 15.0 Å². The summed E-state index contributed by atoms with van der Waals surface area (Å²) in [6, 6.07) is 10.1. The van der Waals surface area contributed by atoms with Gasteiger partial charge in [0.25, 0.3) is 5.91 Å². The summed E-state index contributed by atoms with van der Waals surface area (Å²) in [5.74, 6) is -1.78. The van der Waals surface area contributed by atoms with Crippen molar-refractivity contribution < 1.29 is 27.9 Å². The van der Waals surface area contributed by atoms with Gasteiger partial charge in [-0.1, -0.05) is 18.2 Å². The van der Waals surface area contributed by atoms with E-state index in [2.05, 4.69) is 10.2 Å². The van der Waals surface area contributed by atoms with Crippen LogP contribution in [0, 0.1) is 11.6 Å². The maximum absolute atomic E-state index is 14.0. The molecule has 0 saturated carbocycles. The second-order valence-corrected chi connectivity index (χ2v) is 9.01. The normalized spacial score (nSPS) is 18.9. The smallest absolute Gasteiger partial charge is 0.338 e. The van der Waals surface area contributed by atoms with Gasteiger partial charge in [-0.2, -0.15) is 0 Å². The van der Waals surface area contributed by atoms with E-state index in [0.717, 1.165) is 0 Å². The quantitative estimate of drug-likeness (QED) is 0.601. The number of hydrogen-bond donors (Lipinski definition) is 1. The van der Waals surface area contributed by atoms with E-state index in [-0.39, 0.29) is 24.6 Å². The highest BCUT2D eigenvalue weighted by atomic mass is 19.1. The van der Waals surface area contributed by atoms with Crippen molar-refractivity contribution in [3.8, 4) is 0 Å². The Kier molecular flexibility index (Phi) is 8.17. The number of carbonyl (C=O) groups is 3. The topological polar surface area (TPSA) is 82.2 Å². The highest BCUT2D eigenvalue weighted by Crippen LogP contribution is 2.32. The van der Waals surface area contributed by atoms with Crippen molar-refractivity contribution in [3.05, 3.63) is 82.6 Å². The van der Waals surface area contributed by atoms with Gasteiger partial charge in [-0.25, -0.2) is 18.4 Å². The number of urea groups is 1. The molecule has 0 radical (unpaired) electrons. The molecule has 3 amide bonds. The van der Waals surface area contributed by atoms with Crippen molar-refractivity contribution in [2.75, 3.05) is 46.4 Å². The lowest BCUT2D eigenvalue weighted by atomic mass is 9.94. The zero-order valence-corrected chi connectivity index (χ0v) is 20.9. The lowest BCUT2D eigenvalue weighted by molar-refractivity contribution is -0.139. The number of esters is 1. The molecule has 2 aromatic rings. The SMILES string of the molecule is CCOC(=O)C1=C(CN2CCCN(C(=O)c3cccc(F)c3)CC2)N(C)C(=O)NC1c1cccc(F)c1. The third-order valence-corrected chi connectivity index (χ3v) is 6.57. The number of benzene rings is 2. The zero-order valence-electron chi connectivity index (χ0n) is 20.9. The largest absolute Gasteiger partial charge is 0.463 e. The molecule has 0 aliphatic carbocycles. The third-order valence-electron chi connectivity index (χ3n) is 6.57. The minimum absolute atomic E-state index is 0.143. The number of halogens is 2. The molecule has 1 N–H and O–H groups in total. The summed E-state index contributed by atoms with van der Waals surface area (Å²) in [4.78, 5) is 44.0. The molecule has 2 aliphatic heterocycles. The van der Waals surface area contributed by atoms with Gasteiger partial charge in [-0.05, 0) is 49.2 Å². The summed E-state index contributed by atoms with van der Waals surface area (Å²) in [6.45, 7) is 4.10. The standard InChI is InChI=1S/C27H30F2N4O4/c1-3-37-26(35)23-22(31(2)27(36)30-24(23)18-7-4-9-20(28)15-18)17-32-11-6-12-33(14-13-32)25(34)19-8-5-10-21(29)16-19/h4-5,7-10,15-16,24H,3,6,11-14,17H2,1-2H3,(H,30,36). The van der Waals surface area contributed by atoms with Gasteiger partial charge in [0.05, 0.1) is 18.2 Å². The molecular formula is C27H30F2N4O4. The fraction of sp³-hybridized carbons (Fsp3) is 0.370. The number of likely N-dealkylation sites (N-methyl/N-ethyl adjacent to an activating group) is 1. The number of nitrogens with zero attached hydrogens (tertiary/aromatic N) is 3. The Labute approximate surface area is 214 Å². The van der Waals surface area contributed by atoms with E-state index < -0.39 is 29.7 Å². The number of nitrogens with one attached hydrogen (secondary N) is 1. The first-order valence-electron chi connectivity index (χ1n) is 12.3. The molecule has 8 nitrogen and oxygen atoms in total. The number of hydrogen-bond acceptors (Lipinski definition) is 5. The minimum atomic E-state index is -0.869. The molecule has 2 aliphatic rings. The summed E-state index contributed by atoms with van der Waals surface area (Å²) in [5.41, 5.74) is 1.43. The number of carbonyl (C=O) groups excluding carboxylic acids is 3. The molecule has 0 bridgehead atoms. The highest BCUT2D eigenvalue weighted by molar-refractivity contribution is 5.95. The van der Waals surface area contributed by atoms with Gasteiger partial charge in [0.2, 0.25) is 0 Å². The maximum Gasteiger partial charge on any atom is 0.338 e. The van der Waals surface area contributed by atoms with Gasteiger partial charge in [-0.15, -0.1) is 0 Å². The van der Waals surface area contributed by atoms with E-state index >= 15 is 0 Å². The second-order valence-electron chi connectivity index (χ2n) is 9.01. The lowest BCUT2D eigenvalue weighted by Crippen LogP contribution is -2.49. The highest BCUT2D eigenvalue weighted by Gasteiger charge is 2.37.